The van der Waals surface area contributed by atoms with Gasteiger partial charge in [0.05, 0.1) is 11.0 Å². The summed E-state index contributed by atoms with van der Waals surface area (Å²) in [5.74, 6) is -0.00469. The van der Waals surface area contributed by atoms with Crippen LogP contribution in [0.25, 0.3) is 0 Å². The molecule has 1 saturated carbocycles. The van der Waals surface area contributed by atoms with Crippen LogP contribution in [0.1, 0.15) is 43.7 Å². The molecule has 0 spiro atoms. The van der Waals surface area contributed by atoms with E-state index in [1.54, 1.807) is 30.3 Å². The number of carboxylic acid groups (broad SMARTS) is 1. The summed E-state index contributed by atoms with van der Waals surface area (Å²) in [7, 11) is -3.39. The number of hydrogen-bond acceptors (Lipinski definition) is 5. The number of sulfonamides is 1. The summed E-state index contributed by atoms with van der Waals surface area (Å²) < 4.78 is 26.9. The zero-order chi connectivity index (χ0) is 22.9. The van der Waals surface area contributed by atoms with Gasteiger partial charge in [-0.3, -0.25) is 0 Å². The highest BCUT2D eigenvalue weighted by Crippen LogP contribution is 2.21. The molecule has 0 bridgehead atoms. The van der Waals surface area contributed by atoms with E-state index in [0.29, 0.717) is 10.6 Å². The summed E-state index contributed by atoms with van der Waals surface area (Å²) in [4.78, 5) is 10.6. The van der Waals surface area contributed by atoms with Crippen LogP contribution in [0.15, 0.2) is 53.4 Å². The number of hydrogen-bond donors (Lipinski definition) is 4. The van der Waals surface area contributed by atoms with Crippen molar-refractivity contribution in [3.63, 3.8) is 0 Å². The fourth-order valence-electron chi connectivity index (χ4n) is 3.14. The first-order valence-corrected chi connectivity index (χ1v) is 11.5. The number of phenols is 1. The molecule has 0 saturated heterocycles. The van der Waals surface area contributed by atoms with Crippen molar-refractivity contribution in [1.29, 1.82) is 5.26 Å². The van der Waals surface area contributed by atoms with Crippen LogP contribution >= 0.6 is 11.6 Å². The van der Waals surface area contributed by atoms with Crippen LogP contribution in [0.4, 0.5) is 4.79 Å². The van der Waals surface area contributed by atoms with E-state index in [1.807, 2.05) is 5.32 Å². The maximum absolute atomic E-state index is 12.1. The van der Waals surface area contributed by atoms with E-state index in [2.05, 4.69) is 4.72 Å². The summed E-state index contributed by atoms with van der Waals surface area (Å²) in [6.07, 6.45) is 4.01. The van der Waals surface area contributed by atoms with E-state index < -0.39 is 22.2 Å². The maximum Gasteiger partial charge on any atom is 0.405 e. The zero-order valence-electron chi connectivity index (χ0n) is 16.7. The Bertz CT molecular complexity index is 1020. The molecule has 1 aliphatic carbocycles. The molecule has 0 aliphatic heterocycles. The number of phenolic OH excluding ortho intramolecular Hbond substituents is 1. The van der Waals surface area contributed by atoms with E-state index in [0.717, 1.165) is 25.7 Å². The molecule has 1 unspecified atom stereocenters. The van der Waals surface area contributed by atoms with Crippen molar-refractivity contribution in [3.05, 3.63) is 59.1 Å². The van der Waals surface area contributed by atoms with E-state index in [-0.39, 0.29) is 16.7 Å². The number of nitriles is 1. The largest absolute Gasteiger partial charge is 0.508 e. The van der Waals surface area contributed by atoms with Gasteiger partial charge in [0, 0.05) is 11.1 Å². The van der Waals surface area contributed by atoms with Gasteiger partial charge >= 0.3 is 6.09 Å². The zero-order valence-corrected chi connectivity index (χ0v) is 18.2. The third-order valence-corrected chi connectivity index (χ3v) is 6.44. The van der Waals surface area contributed by atoms with Crippen LogP contribution in [0.3, 0.4) is 0 Å². The van der Waals surface area contributed by atoms with Gasteiger partial charge in [-0.05, 0) is 54.8 Å². The normalized spacial score (nSPS) is 15.1. The predicted molar refractivity (Wildman–Crippen MR) is 116 cm³/mol. The van der Waals surface area contributed by atoms with Crippen molar-refractivity contribution in [1.82, 2.24) is 10.0 Å². The number of nitrogens with one attached hydrogen (secondary N) is 2. The number of nitrogens with zero attached hydrogens (tertiary/aromatic N) is 1. The molecule has 2 aromatic rings. The minimum Gasteiger partial charge on any atom is -0.508 e. The van der Waals surface area contributed by atoms with Gasteiger partial charge in [0.15, 0.2) is 0 Å². The molecule has 1 fully saturated rings. The van der Waals surface area contributed by atoms with E-state index in [9.17, 15) is 13.2 Å². The fraction of sp³-hybridized carbons (Fsp3) is 0.333. The van der Waals surface area contributed by atoms with Gasteiger partial charge in [-0.2, -0.15) is 5.26 Å². The van der Waals surface area contributed by atoms with Gasteiger partial charge in [0.25, 0.3) is 0 Å². The summed E-state index contributed by atoms with van der Waals surface area (Å²) in [6.45, 7) is 0. The number of benzene rings is 2. The van der Waals surface area contributed by atoms with Crippen LogP contribution in [0.5, 0.6) is 5.75 Å². The highest BCUT2D eigenvalue weighted by atomic mass is 35.5. The molecule has 1 amide bonds. The first-order valence-electron chi connectivity index (χ1n) is 9.67. The summed E-state index contributed by atoms with van der Waals surface area (Å²) >= 11 is 5.74. The molecule has 8 nitrogen and oxygen atoms in total. The second-order valence-electron chi connectivity index (χ2n) is 7.02. The Hall–Kier alpha value is -2.80. The second kappa shape index (κ2) is 11.6. The van der Waals surface area contributed by atoms with Crippen LogP contribution in [-0.2, 0) is 10.0 Å². The number of rotatable bonds is 5. The maximum atomic E-state index is 12.1. The quantitative estimate of drug-likeness (QED) is 0.522. The highest BCUT2D eigenvalue weighted by Gasteiger charge is 2.21. The molecular formula is C21H24ClN3O5S. The lowest BCUT2D eigenvalue weighted by molar-refractivity contribution is 0.192. The van der Waals surface area contributed by atoms with Gasteiger partial charge in [-0.1, -0.05) is 43.0 Å². The lowest BCUT2D eigenvalue weighted by Crippen LogP contribution is -2.36. The van der Waals surface area contributed by atoms with Crippen molar-refractivity contribution in [2.75, 3.05) is 0 Å². The number of halogens is 1. The van der Waals surface area contributed by atoms with Gasteiger partial charge in [-0.25, -0.2) is 17.9 Å². The van der Waals surface area contributed by atoms with Gasteiger partial charge in [0.1, 0.15) is 11.8 Å². The average molecular weight is 466 g/mol. The third-order valence-electron chi connectivity index (χ3n) is 4.65. The Balaban J connectivity index is 0.000000225. The molecule has 10 heteroatoms. The molecule has 1 aliphatic rings. The minimum atomic E-state index is -3.39. The predicted octanol–water partition coefficient (Wildman–Crippen LogP) is 4.18. The monoisotopic (exact) mass is 465 g/mol. The standard InChI is InChI=1S/C12H16ClNO2S.C9H8N2O3/c13-10-6-8-12(9-7-10)17(15,16)14-11-4-2-1-3-5-11;10-5-8(11-9(13)14)6-2-1-3-7(12)4-6/h6-9,11,14H,1-5H2;1-4,8,11-12H,(H,13,14). The Morgan fingerprint density at radius 3 is 2.32 bits per heavy atom. The van der Waals surface area contributed by atoms with Crippen molar-refractivity contribution in [3.8, 4) is 11.8 Å². The number of carbonyl (C=O) groups is 1. The van der Waals surface area contributed by atoms with Gasteiger partial charge < -0.3 is 15.5 Å². The first-order chi connectivity index (χ1) is 14.7. The molecule has 0 aromatic heterocycles. The second-order valence-corrected chi connectivity index (χ2v) is 9.17. The smallest absolute Gasteiger partial charge is 0.405 e. The minimum absolute atomic E-state index is 0.00469. The van der Waals surface area contributed by atoms with Crippen LogP contribution < -0.4 is 10.0 Å². The third kappa shape index (κ3) is 8.09. The van der Waals surface area contributed by atoms with Crippen LogP contribution in [0.2, 0.25) is 5.02 Å². The first kappa shape index (κ1) is 24.5. The molecule has 1 atom stereocenters. The molecule has 31 heavy (non-hydrogen) atoms. The molecule has 0 radical (unpaired) electrons. The Labute approximate surface area is 186 Å². The van der Waals surface area contributed by atoms with E-state index in [4.69, 9.17) is 27.1 Å². The Morgan fingerprint density at radius 2 is 1.77 bits per heavy atom. The summed E-state index contributed by atoms with van der Waals surface area (Å²) in [5.41, 5.74) is 0.412. The van der Waals surface area contributed by atoms with E-state index >= 15 is 0 Å². The summed E-state index contributed by atoms with van der Waals surface area (Å²) in [5, 5.41) is 28.8. The SMILES string of the molecule is N#CC(NC(=O)O)c1cccc(O)c1.O=S(=O)(NC1CCCCC1)c1ccc(Cl)cc1. The van der Waals surface area contributed by atoms with Crippen molar-refractivity contribution in [2.45, 2.75) is 49.1 Å². The lowest BCUT2D eigenvalue weighted by atomic mass is 9.96. The molecule has 4 N–H and O–H groups in total. The van der Waals surface area contributed by atoms with Crippen molar-refractivity contribution < 1.29 is 23.4 Å². The van der Waals surface area contributed by atoms with Gasteiger partial charge in [0.2, 0.25) is 10.0 Å². The van der Waals surface area contributed by atoms with Gasteiger partial charge in [-0.15, -0.1) is 0 Å². The average Bonchev–Trinajstić information content (AvgIpc) is 2.73. The Kier molecular flexibility index (Phi) is 9.12. The van der Waals surface area contributed by atoms with Crippen LogP contribution in [0, 0.1) is 11.3 Å². The molecule has 166 valence electrons. The fourth-order valence-corrected chi connectivity index (χ4v) is 4.57. The van der Waals surface area contributed by atoms with Crippen LogP contribution in [-0.4, -0.2) is 30.8 Å². The molecule has 0 heterocycles. The highest BCUT2D eigenvalue weighted by molar-refractivity contribution is 7.89. The van der Waals surface area contributed by atoms with Crippen molar-refractivity contribution in [2.24, 2.45) is 0 Å². The lowest BCUT2D eigenvalue weighted by Gasteiger charge is -2.22. The van der Waals surface area contributed by atoms with Crippen molar-refractivity contribution >= 4 is 27.7 Å². The molecular weight excluding hydrogens is 442 g/mol. The number of aromatic hydroxyl groups is 1. The Morgan fingerprint density at radius 1 is 1.13 bits per heavy atom. The summed E-state index contributed by atoms with van der Waals surface area (Å²) in [6, 6.07) is 13.0. The topological polar surface area (TPSA) is 140 Å². The molecule has 3 rings (SSSR count). The molecule has 2 aromatic carbocycles. The van der Waals surface area contributed by atoms with E-state index in [1.165, 1.54) is 30.7 Å². The number of amides is 1.